The molecular weight excluding hydrogens is 502 g/mol. The fourth-order valence-electron chi connectivity index (χ4n) is 3.77. The van der Waals surface area contributed by atoms with Crippen molar-refractivity contribution in [2.45, 2.75) is 31.1 Å². The van der Waals surface area contributed by atoms with Gasteiger partial charge in [0.05, 0.1) is 29.6 Å². The van der Waals surface area contributed by atoms with Gasteiger partial charge in [-0.3, -0.25) is 9.10 Å². The second kappa shape index (κ2) is 10.5. The minimum atomic E-state index is -3.83. The Hall–Kier alpha value is -2.34. The second-order valence-corrected chi connectivity index (χ2v) is 12.3. The van der Waals surface area contributed by atoms with E-state index in [4.69, 9.17) is 16.3 Å². The van der Waals surface area contributed by atoms with Crippen LogP contribution in [-0.4, -0.2) is 60.0 Å². The van der Waals surface area contributed by atoms with Gasteiger partial charge in [0.15, 0.2) is 0 Å². The van der Waals surface area contributed by atoms with Crippen molar-refractivity contribution in [2.75, 3.05) is 42.6 Å². The third-order valence-electron chi connectivity index (χ3n) is 5.59. The van der Waals surface area contributed by atoms with Crippen LogP contribution < -0.4 is 14.4 Å². The number of hydrogen-bond acceptors (Lipinski definition) is 6. The molecule has 0 spiro atoms. The van der Waals surface area contributed by atoms with E-state index in [1.54, 1.807) is 25.1 Å². The number of halogens is 1. The van der Waals surface area contributed by atoms with Crippen molar-refractivity contribution in [3.8, 4) is 5.75 Å². The highest BCUT2D eigenvalue weighted by atomic mass is 35.5. The number of anilines is 2. The molecule has 186 valence electrons. The van der Waals surface area contributed by atoms with Gasteiger partial charge in [-0.2, -0.15) is 4.31 Å². The number of nitrogens with one attached hydrogen (secondary N) is 1. The number of rotatable bonds is 8. The van der Waals surface area contributed by atoms with E-state index in [1.165, 1.54) is 29.6 Å². The second-order valence-electron chi connectivity index (χ2n) is 8.03. The minimum Gasteiger partial charge on any atom is -0.495 e. The first-order valence-corrected chi connectivity index (χ1v) is 14.3. The Morgan fingerprint density at radius 1 is 1.12 bits per heavy atom. The average molecular weight is 530 g/mol. The molecule has 12 heteroatoms. The summed E-state index contributed by atoms with van der Waals surface area (Å²) in [5, 5.41) is 2.96. The molecule has 1 aliphatic rings. The van der Waals surface area contributed by atoms with Crippen molar-refractivity contribution >= 4 is 48.9 Å². The number of hydrogen-bond donors (Lipinski definition) is 1. The van der Waals surface area contributed by atoms with Gasteiger partial charge in [0.25, 0.3) is 0 Å². The summed E-state index contributed by atoms with van der Waals surface area (Å²) < 4.78 is 58.7. The molecule has 0 atom stereocenters. The van der Waals surface area contributed by atoms with Crippen molar-refractivity contribution in [3.05, 3.63) is 47.0 Å². The van der Waals surface area contributed by atoms with Gasteiger partial charge in [0.2, 0.25) is 26.0 Å². The van der Waals surface area contributed by atoms with Crippen molar-refractivity contribution in [3.63, 3.8) is 0 Å². The molecular formula is C22H28ClN3O6S2. The highest BCUT2D eigenvalue weighted by Gasteiger charge is 2.28. The third kappa shape index (κ3) is 5.83. The summed E-state index contributed by atoms with van der Waals surface area (Å²) in [4.78, 5) is 12.9. The first kappa shape index (κ1) is 26.3. The zero-order valence-corrected chi connectivity index (χ0v) is 21.6. The molecule has 1 fully saturated rings. The Morgan fingerprint density at radius 3 is 2.41 bits per heavy atom. The molecule has 0 aromatic heterocycles. The lowest BCUT2D eigenvalue weighted by Crippen LogP contribution is -2.38. The number of sulfonamides is 2. The lowest BCUT2D eigenvalue weighted by atomic mass is 10.2. The zero-order valence-electron chi connectivity index (χ0n) is 19.2. The first-order chi connectivity index (χ1) is 15.9. The number of carbonyl (C=O) groups excluding carboxylic acids is 1. The van der Waals surface area contributed by atoms with E-state index < -0.39 is 32.5 Å². The van der Waals surface area contributed by atoms with Crippen LogP contribution in [0.3, 0.4) is 0 Å². The molecule has 0 bridgehead atoms. The zero-order chi connectivity index (χ0) is 25.1. The summed E-state index contributed by atoms with van der Waals surface area (Å²) in [6, 6.07) is 9.00. The van der Waals surface area contributed by atoms with Crippen LogP contribution in [0.2, 0.25) is 5.02 Å². The van der Waals surface area contributed by atoms with Gasteiger partial charge in [-0.1, -0.05) is 24.1 Å². The van der Waals surface area contributed by atoms with Gasteiger partial charge in [-0.15, -0.1) is 0 Å². The number of methoxy groups -OCH3 is 1. The molecule has 34 heavy (non-hydrogen) atoms. The Bertz CT molecular complexity index is 1280. The number of benzene rings is 2. The largest absolute Gasteiger partial charge is 0.495 e. The van der Waals surface area contributed by atoms with Crippen LogP contribution in [0.1, 0.15) is 24.8 Å². The lowest BCUT2D eigenvalue weighted by Gasteiger charge is -2.26. The van der Waals surface area contributed by atoms with Gasteiger partial charge < -0.3 is 10.1 Å². The Morgan fingerprint density at radius 2 is 1.79 bits per heavy atom. The molecule has 0 saturated carbocycles. The maximum atomic E-state index is 13.1. The van der Waals surface area contributed by atoms with Crippen molar-refractivity contribution < 1.29 is 26.4 Å². The van der Waals surface area contributed by atoms with Crippen LogP contribution >= 0.6 is 11.6 Å². The van der Waals surface area contributed by atoms with Gasteiger partial charge in [0.1, 0.15) is 12.3 Å². The van der Waals surface area contributed by atoms with Gasteiger partial charge in [-0.25, -0.2) is 16.8 Å². The van der Waals surface area contributed by atoms with Gasteiger partial charge in [0, 0.05) is 18.1 Å². The Labute approximate surface area is 205 Å². The molecule has 2 aromatic carbocycles. The van der Waals surface area contributed by atoms with Crippen LogP contribution in [0.25, 0.3) is 0 Å². The quantitative estimate of drug-likeness (QED) is 0.561. The predicted octanol–water partition coefficient (Wildman–Crippen LogP) is 3.24. The Balaban J connectivity index is 1.89. The van der Waals surface area contributed by atoms with E-state index in [0.717, 1.165) is 29.8 Å². The lowest BCUT2D eigenvalue weighted by molar-refractivity contribution is -0.114. The summed E-state index contributed by atoms with van der Waals surface area (Å²) in [6.07, 6.45) is 3.57. The van der Waals surface area contributed by atoms with Gasteiger partial charge >= 0.3 is 0 Å². The topological polar surface area (TPSA) is 113 Å². The van der Waals surface area contributed by atoms with E-state index in [2.05, 4.69) is 5.32 Å². The van der Waals surface area contributed by atoms with E-state index in [0.29, 0.717) is 23.7 Å². The molecule has 1 amide bonds. The maximum Gasteiger partial charge on any atom is 0.245 e. The van der Waals surface area contributed by atoms with Crippen LogP contribution in [-0.2, 0) is 24.8 Å². The summed E-state index contributed by atoms with van der Waals surface area (Å²) >= 11 is 6.14. The van der Waals surface area contributed by atoms with Crippen LogP contribution in [0.5, 0.6) is 5.75 Å². The number of piperidine rings is 1. The fraction of sp³-hybridized carbons (Fsp3) is 0.409. The summed E-state index contributed by atoms with van der Waals surface area (Å²) in [6.45, 7) is 2.01. The number of carbonyl (C=O) groups is 1. The summed E-state index contributed by atoms with van der Waals surface area (Å²) in [7, 11) is -6.17. The minimum absolute atomic E-state index is 0.0242. The summed E-state index contributed by atoms with van der Waals surface area (Å²) in [5.74, 6) is -0.425. The van der Waals surface area contributed by atoms with E-state index in [1.807, 2.05) is 0 Å². The molecule has 0 unspecified atom stereocenters. The van der Waals surface area contributed by atoms with Crippen LogP contribution in [0.4, 0.5) is 11.4 Å². The molecule has 1 aliphatic heterocycles. The first-order valence-electron chi connectivity index (χ1n) is 10.7. The van der Waals surface area contributed by atoms with Crippen molar-refractivity contribution in [1.29, 1.82) is 0 Å². The van der Waals surface area contributed by atoms with E-state index >= 15 is 0 Å². The van der Waals surface area contributed by atoms with Gasteiger partial charge in [-0.05, 0) is 55.7 Å². The highest BCUT2D eigenvalue weighted by molar-refractivity contribution is 7.92. The molecule has 1 heterocycles. The molecule has 9 nitrogen and oxygen atoms in total. The average Bonchev–Trinajstić information content (AvgIpc) is 2.79. The standard InChI is InChI=1S/C22H28ClN3O6S2/c1-16-18(23)8-7-9-20(16)26(33(3,28)29)15-22(27)24-19-14-17(10-11-21(19)32-2)34(30,31)25-12-5-4-6-13-25/h7-11,14H,4-6,12-13,15H2,1-3H3,(H,24,27). The number of ether oxygens (including phenoxy) is 1. The molecule has 1 saturated heterocycles. The molecule has 0 radical (unpaired) electrons. The molecule has 0 aliphatic carbocycles. The number of amides is 1. The highest BCUT2D eigenvalue weighted by Crippen LogP contribution is 2.31. The third-order valence-corrected chi connectivity index (χ3v) is 9.02. The monoisotopic (exact) mass is 529 g/mol. The number of nitrogens with zero attached hydrogens (tertiary/aromatic N) is 2. The van der Waals surface area contributed by atoms with Crippen LogP contribution in [0.15, 0.2) is 41.3 Å². The predicted molar refractivity (Wildman–Crippen MR) is 133 cm³/mol. The SMILES string of the molecule is COc1ccc(S(=O)(=O)N2CCCCC2)cc1NC(=O)CN(c1cccc(Cl)c1C)S(C)(=O)=O. The maximum absolute atomic E-state index is 13.1. The fourth-order valence-corrected chi connectivity index (χ4v) is 6.39. The van der Waals surface area contributed by atoms with Crippen molar-refractivity contribution in [2.24, 2.45) is 0 Å². The molecule has 2 aromatic rings. The van der Waals surface area contributed by atoms with E-state index in [-0.39, 0.29) is 22.0 Å². The molecule has 3 rings (SSSR count). The molecule has 1 N–H and O–H groups in total. The smallest absolute Gasteiger partial charge is 0.245 e. The van der Waals surface area contributed by atoms with E-state index in [9.17, 15) is 21.6 Å². The normalized spacial score (nSPS) is 15.1. The van der Waals surface area contributed by atoms with Crippen LogP contribution in [0, 0.1) is 6.92 Å². The Kier molecular flexibility index (Phi) is 8.12. The summed E-state index contributed by atoms with van der Waals surface area (Å²) in [5.41, 5.74) is 0.912. The van der Waals surface area contributed by atoms with Crippen molar-refractivity contribution in [1.82, 2.24) is 4.31 Å².